The molecule has 2 aromatic rings. The summed E-state index contributed by atoms with van der Waals surface area (Å²) in [6.45, 7) is 1.71. The molecule has 0 fully saturated rings. The maximum absolute atomic E-state index is 12.4. The summed E-state index contributed by atoms with van der Waals surface area (Å²) in [4.78, 5) is 16.5. The topological polar surface area (TPSA) is 90.2 Å². The van der Waals surface area contributed by atoms with Gasteiger partial charge in [-0.3, -0.25) is 10.2 Å². The Kier molecular flexibility index (Phi) is 3.53. The number of aromatic nitrogens is 1. The molecule has 7 heteroatoms. The molecule has 0 saturated carbocycles. The largest absolute Gasteiger partial charge is 0.508 e. The van der Waals surface area contributed by atoms with Crippen LogP contribution >= 0.6 is 0 Å². The van der Waals surface area contributed by atoms with Crippen LogP contribution in [-0.2, 0) is 4.79 Å². The van der Waals surface area contributed by atoms with E-state index in [1.165, 1.54) is 17.1 Å². The number of hydrazone groups is 2. The Balaban J connectivity index is 1.81. The van der Waals surface area contributed by atoms with Gasteiger partial charge in [-0.1, -0.05) is 6.07 Å². The maximum atomic E-state index is 12.4. The molecule has 7 nitrogen and oxygen atoms in total. The minimum atomic E-state index is -0.345. The molecule has 1 aliphatic rings. The summed E-state index contributed by atoms with van der Waals surface area (Å²) >= 11 is 0. The monoisotopic (exact) mass is 295 g/mol. The molecule has 0 spiro atoms. The first-order valence-corrected chi connectivity index (χ1v) is 6.59. The third kappa shape index (κ3) is 2.64. The fourth-order valence-electron chi connectivity index (χ4n) is 1.92. The summed E-state index contributed by atoms with van der Waals surface area (Å²) in [5.41, 5.74) is 4.15. The molecule has 3 rings (SSSR count). The predicted molar refractivity (Wildman–Crippen MR) is 84.0 cm³/mol. The number of carbonyl (C=O) groups excluding carboxylic acids is 1. The zero-order valence-electron chi connectivity index (χ0n) is 11.8. The summed E-state index contributed by atoms with van der Waals surface area (Å²) in [5.74, 6) is 0.262. The van der Waals surface area contributed by atoms with E-state index in [1.807, 2.05) is 0 Å². The molecular formula is C15H13N5O2. The minimum absolute atomic E-state index is 0.161. The highest BCUT2D eigenvalue weighted by molar-refractivity contribution is 6.71. The van der Waals surface area contributed by atoms with Gasteiger partial charge in [-0.2, -0.15) is 15.2 Å². The summed E-state index contributed by atoms with van der Waals surface area (Å²) < 4.78 is 0. The number of pyridine rings is 1. The second-order valence-corrected chi connectivity index (χ2v) is 4.61. The number of carbonyl (C=O) groups is 1. The molecule has 1 amide bonds. The van der Waals surface area contributed by atoms with E-state index in [0.29, 0.717) is 17.2 Å². The number of anilines is 2. The highest BCUT2D eigenvalue weighted by Gasteiger charge is 2.31. The third-order valence-electron chi connectivity index (χ3n) is 3.02. The van der Waals surface area contributed by atoms with Crippen molar-refractivity contribution in [3.8, 4) is 5.75 Å². The van der Waals surface area contributed by atoms with Crippen molar-refractivity contribution in [2.45, 2.75) is 6.92 Å². The number of nitrogens with one attached hydrogen (secondary N) is 1. The van der Waals surface area contributed by atoms with Gasteiger partial charge in [-0.05, 0) is 43.3 Å². The van der Waals surface area contributed by atoms with Crippen LogP contribution in [0.2, 0.25) is 0 Å². The van der Waals surface area contributed by atoms with E-state index in [4.69, 9.17) is 0 Å². The molecule has 1 aliphatic heterocycles. The van der Waals surface area contributed by atoms with Gasteiger partial charge in [0, 0.05) is 6.20 Å². The average molecular weight is 295 g/mol. The highest BCUT2D eigenvalue weighted by atomic mass is 16.3. The lowest BCUT2D eigenvalue weighted by Crippen LogP contribution is -2.28. The fraction of sp³-hybridized carbons (Fsp3) is 0.0667. The van der Waals surface area contributed by atoms with Crippen LogP contribution in [0.3, 0.4) is 0 Å². The Morgan fingerprint density at radius 3 is 2.64 bits per heavy atom. The number of nitrogens with zero attached hydrogens (tertiary/aromatic N) is 4. The molecule has 2 N–H and O–H groups in total. The van der Waals surface area contributed by atoms with Crippen LogP contribution in [0.4, 0.5) is 11.5 Å². The van der Waals surface area contributed by atoms with Crippen LogP contribution in [0, 0.1) is 0 Å². The Morgan fingerprint density at radius 2 is 1.95 bits per heavy atom. The molecule has 0 bridgehead atoms. The predicted octanol–water partition coefficient (Wildman–Crippen LogP) is 1.98. The second-order valence-electron chi connectivity index (χ2n) is 4.61. The van der Waals surface area contributed by atoms with Crippen molar-refractivity contribution in [1.82, 2.24) is 4.98 Å². The Labute approximate surface area is 126 Å². The lowest BCUT2D eigenvalue weighted by molar-refractivity contribution is -0.112. The summed E-state index contributed by atoms with van der Waals surface area (Å²) in [5, 5.41) is 18.7. The SMILES string of the molecule is CC1=NN(c2ccccn2)C(=O)C1=NNc1ccc(O)cc1. The molecule has 110 valence electrons. The van der Waals surface area contributed by atoms with Crippen LogP contribution in [0.1, 0.15) is 6.92 Å². The van der Waals surface area contributed by atoms with Crippen molar-refractivity contribution in [2.75, 3.05) is 10.4 Å². The highest BCUT2D eigenvalue weighted by Crippen LogP contribution is 2.17. The third-order valence-corrected chi connectivity index (χ3v) is 3.02. The Morgan fingerprint density at radius 1 is 1.18 bits per heavy atom. The molecule has 1 aromatic carbocycles. The molecular weight excluding hydrogens is 282 g/mol. The van der Waals surface area contributed by atoms with Crippen LogP contribution in [-0.4, -0.2) is 27.4 Å². The maximum Gasteiger partial charge on any atom is 0.302 e. The molecule has 0 aliphatic carbocycles. The van der Waals surface area contributed by atoms with Crippen molar-refractivity contribution in [1.29, 1.82) is 0 Å². The number of benzene rings is 1. The summed E-state index contributed by atoms with van der Waals surface area (Å²) in [7, 11) is 0. The quantitative estimate of drug-likeness (QED) is 0.669. The van der Waals surface area contributed by atoms with Crippen molar-refractivity contribution in [3.05, 3.63) is 48.7 Å². The van der Waals surface area contributed by atoms with E-state index in [0.717, 1.165) is 0 Å². The van der Waals surface area contributed by atoms with Gasteiger partial charge in [0.25, 0.3) is 0 Å². The zero-order chi connectivity index (χ0) is 15.5. The fourth-order valence-corrected chi connectivity index (χ4v) is 1.92. The molecule has 0 unspecified atom stereocenters. The van der Waals surface area contributed by atoms with E-state index in [1.54, 1.807) is 43.5 Å². The van der Waals surface area contributed by atoms with E-state index in [-0.39, 0.29) is 17.4 Å². The summed E-state index contributed by atoms with van der Waals surface area (Å²) in [6, 6.07) is 11.6. The summed E-state index contributed by atoms with van der Waals surface area (Å²) in [6.07, 6.45) is 1.59. The van der Waals surface area contributed by atoms with Crippen molar-refractivity contribution in [2.24, 2.45) is 10.2 Å². The van der Waals surface area contributed by atoms with Gasteiger partial charge < -0.3 is 5.11 Å². The smallest absolute Gasteiger partial charge is 0.302 e. The van der Waals surface area contributed by atoms with Gasteiger partial charge in [0.1, 0.15) is 5.75 Å². The second kappa shape index (κ2) is 5.65. The van der Waals surface area contributed by atoms with E-state index >= 15 is 0 Å². The number of aromatic hydroxyl groups is 1. The lowest BCUT2D eigenvalue weighted by Gasteiger charge is -2.09. The zero-order valence-corrected chi connectivity index (χ0v) is 11.8. The van der Waals surface area contributed by atoms with Crippen LogP contribution in [0.25, 0.3) is 0 Å². The van der Waals surface area contributed by atoms with E-state index in [2.05, 4.69) is 20.6 Å². The van der Waals surface area contributed by atoms with Gasteiger partial charge in [0.15, 0.2) is 11.5 Å². The molecule has 0 atom stereocenters. The number of phenols is 1. The van der Waals surface area contributed by atoms with Crippen LogP contribution in [0.5, 0.6) is 5.75 Å². The first-order chi connectivity index (χ1) is 10.6. The minimum Gasteiger partial charge on any atom is -0.508 e. The normalized spacial score (nSPS) is 16.0. The van der Waals surface area contributed by atoms with Gasteiger partial charge in [0.05, 0.1) is 11.4 Å². The van der Waals surface area contributed by atoms with Gasteiger partial charge in [-0.25, -0.2) is 4.98 Å². The first-order valence-electron chi connectivity index (χ1n) is 6.59. The van der Waals surface area contributed by atoms with Gasteiger partial charge in [0.2, 0.25) is 0 Å². The Hall–Kier alpha value is -3.22. The molecule has 2 heterocycles. The number of hydrogen-bond acceptors (Lipinski definition) is 6. The van der Waals surface area contributed by atoms with Gasteiger partial charge >= 0.3 is 5.91 Å². The standard InChI is InChI=1S/C15H13N5O2/c1-10-14(18-17-11-5-7-12(21)8-6-11)15(22)20(19-10)13-4-2-3-9-16-13/h2-9,17,21H,1H3. The number of phenolic OH excluding ortho intramolecular Hbond substituents is 1. The van der Waals surface area contributed by atoms with Crippen molar-refractivity contribution < 1.29 is 9.90 Å². The van der Waals surface area contributed by atoms with E-state index in [9.17, 15) is 9.90 Å². The number of hydrogen-bond donors (Lipinski definition) is 2. The van der Waals surface area contributed by atoms with Crippen LogP contribution < -0.4 is 10.4 Å². The number of rotatable bonds is 3. The number of amides is 1. The van der Waals surface area contributed by atoms with Gasteiger partial charge in [-0.15, -0.1) is 0 Å². The first kappa shape index (κ1) is 13.7. The van der Waals surface area contributed by atoms with E-state index < -0.39 is 0 Å². The Bertz CT molecular complexity index is 753. The molecule has 0 saturated heterocycles. The molecule has 22 heavy (non-hydrogen) atoms. The lowest BCUT2D eigenvalue weighted by atomic mass is 10.2. The van der Waals surface area contributed by atoms with Crippen molar-refractivity contribution >= 4 is 28.8 Å². The van der Waals surface area contributed by atoms with Crippen LogP contribution in [0.15, 0.2) is 58.9 Å². The van der Waals surface area contributed by atoms with Crippen molar-refractivity contribution in [3.63, 3.8) is 0 Å². The molecule has 1 aromatic heterocycles. The average Bonchev–Trinajstić information content (AvgIpc) is 2.82. The molecule has 0 radical (unpaired) electrons.